The van der Waals surface area contributed by atoms with Crippen LogP contribution in [0.15, 0.2) is 48.8 Å². The maximum Gasteiger partial charge on any atom is 0.416 e. The molecule has 9 nitrogen and oxygen atoms in total. The van der Waals surface area contributed by atoms with Crippen molar-refractivity contribution in [1.29, 1.82) is 0 Å². The van der Waals surface area contributed by atoms with Crippen molar-refractivity contribution in [2.24, 2.45) is 0 Å². The summed E-state index contributed by atoms with van der Waals surface area (Å²) in [4.78, 5) is 21.3. The van der Waals surface area contributed by atoms with E-state index in [1.165, 1.54) is 13.4 Å². The van der Waals surface area contributed by atoms with Crippen molar-refractivity contribution < 1.29 is 22.7 Å². The Labute approximate surface area is 209 Å². The number of methoxy groups -OCH3 is 1. The Hall–Kier alpha value is -4.19. The van der Waals surface area contributed by atoms with Crippen LogP contribution in [0.3, 0.4) is 0 Å². The van der Waals surface area contributed by atoms with Crippen molar-refractivity contribution in [1.82, 2.24) is 25.1 Å². The molecule has 37 heavy (non-hydrogen) atoms. The molecule has 1 fully saturated rings. The highest BCUT2D eigenvalue weighted by Crippen LogP contribution is 2.35. The van der Waals surface area contributed by atoms with Gasteiger partial charge in [-0.15, -0.1) is 0 Å². The predicted molar refractivity (Wildman–Crippen MR) is 132 cm³/mol. The number of aromatic nitrogens is 4. The summed E-state index contributed by atoms with van der Waals surface area (Å²) in [7, 11) is 1.45. The second-order valence-electron chi connectivity index (χ2n) is 8.69. The summed E-state index contributed by atoms with van der Waals surface area (Å²) < 4.78 is 45.7. The third kappa shape index (κ3) is 4.79. The van der Waals surface area contributed by atoms with Gasteiger partial charge in [-0.25, -0.2) is 14.6 Å². The van der Waals surface area contributed by atoms with Crippen LogP contribution in [0.1, 0.15) is 40.4 Å². The van der Waals surface area contributed by atoms with Crippen LogP contribution in [0.2, 0.25) is 0 Å². The summed E-state index contributed by atoms with van der Waals surface area (Å²) in [6, 6.07) is 9.03. The van der Waals surface area contributed by atoms with E-state index < -0.39 is 17.6 Å². The van der Waals surface area contributed by atoms with Gasteiger partial charge in [-0.1, -0.05) is 0 Å². The lowest BCUT2D eigenvalue weighted by atomic mass is 9.94. The summed E-state index contributed by atoms with van der Waals surface area (Å²) in [6.07, 6.45) is -1.20. The number of nitrogens with one attached hydrogen (secondary N) is 2. The third-order valence-corrected chi connectivity index (χ3v) is 6.39. The van der Waals surface area contributed by atoms with E-state index in [-0.39, 0.29) is 17.3 Å². The Bertz CT molecular complexity index is 1450. The van der Waals surface area contributed by atoms with Crippen LogP contribution in [0.25, 0.3) is 16.7 Å². The first-order valence-electron chi connectivity index (χ1n) is 11.6. The molecular formula is C25H24F3N7O2. The van der Waals surface area contributed by atoms with Crippen molar-refractivity contribution in [2.45, 2.75) is 24.9 Å². The molecule has 192 valence electrons. The maximum atomic E-state index is 12.8. The van der Waals surface area contributed by atoms with Gasteiger partial charge < -0.3 is 21.1 Å². The van der Waals surface area contributed by atoms with Gasteiger partial charge in [0.15, 0.2) is 5.82 Å². The zero-order valence-corrected chi connectivity index (χ0v) is 19.8. The number of nitrogen functional groups attached to an aromatic ring is 1. The van der Waals surface area contributed by atoms with Crippen LogP contribution >= 0.6 is 0 Å². The lowest BCUT2D eigenvalue weighted by Crippen LogP contribution is -2.27. The number of hydrogen-bond donors (Lipinski definition) is 3. The summed E-state index contributed by atoms with van der Waals surface area (Å²) in [5, 5.41) is 10.9. The summed E-state index contributed by atoms with van der Waals surface area (Å²) in [5.74, 6) is 0.273. The highest BCUT2D eigenvalue weighted by atomic mass is 19.4. The number of carbonyl (C=O) groups is 1. The number of carbonyl (C=O) groups excluding carboxylic acids is 1. The summed E-state index contributed by atoms with van der Waals surface area (Å²) >= 11 is 0. The van der Waals surface area contributed by atoms with Crippen molar-refractivity contribution in [2.75, 3.05) is 31.2 Å². The van der Waals surface area contributed by atoms with Gasteiger partial charge in [0, 0.05) is 17.5 Å². The Morgan fingerprint density at radius 2 is 1.86 bits per heavy atom. The number of ether oxygens (including phenoxy) is 1. The molecule has 4 N–H and O–H groups in total. The minimum absolute atomic E-state index is 0.0775. The molecule has 1 aliphatic heterocycles. The van der Waals surface area contributed by atoms with E-state index in [4.69, 9.17) is 15.6 Å². The molecule has 12 heteroatoms. The number of nitrogens with zero attached hydrogens (tertiary/aromatic N) is 4. The minimum Gasteiger partial charge on any atom is -0.494 e. The quantitative estimate of drug-likeness (QED) is 0.368. The first-order valence-corrected chi connectivity index (χ1v) is 11.6. The van der Waals surface area contributed by atoms with Crippen LogP contribution in [0, 0.1) is 0 Å². The molecule has 5 rings (SSSR count). The van der Waals surface area contributed by atoms with Crippen molar-refractivity contribution in [3.8, 4) is 11.4 Å². The van der Waals surface area contributed by atoms with Crippen LogP contribution < -0.4 is 21.1 Å². The molecular weight excluding hydrogens is 487 g/mol. The lowest BCUT2D eigenvalue weighted by molar-refractivity contribution is -0.137. The van der Waals surface area contributed by atoms with Crippen molar-refractivity contribution >= 4 is 28.4 Å². The fourth-order valence-corrected chi connectivity index (χ4v) is 4.47. The molecule has 1 amide bonds. The SMILES string of the molecule is COc1cc(-n2nc(C3CCNCC3)c3ncnc(N)c32)ccc1NC(=O)c1ccc(C(F)(F)F)cc1. The monoisotopic (exact) mass is 511 g/mol. The largest absolute Gasteiger partial charge is 0.494 e. The molecule has 0 bridgehead atoms. The van der Waals surface area contributed by atoms with Crippen LogP contribution in [0.4, 0.5) is 24.7 Å². The first kappa shape index (κ1) is 24.5. The molecule has 1 saturated heterocycles. The molecule has 0 unspecified atom stereocenters. The topological polar surface area (TPSA) is 120 Å². The molecule has 1 aliphatic rings. The van der Waals surface area contributed by atoms with E-state index in [2.05, 4.69) is 20.6 Å². The van der Waals surface area contributed by atoms with Gasteiger partial charge in [0.1, 0.15) is 23.1 Å². The van der Waals surface area contributed by atoms with Gasteiger partial charge in [-0.3, -0.25) is 4.79 Å². The van der Waals surface area contributed by atoms with E-state index in [0.29, 0.717) is 28.2 Å². The molecule has 0 spiro atoms. The van der Waals surface area contributed by atoms with E-state index in [1.807, 2.05) is 0 Å². The van der Waals surface area contributed by atoms with Gasteiger partial charge in [-0.2, -0.15) is 18.3 Å². The molecule has 2 aromatic heterocycles. The number of fused-ring (bicyclic) bond motifs is 1. The third-order valence-electron chi connectivity index (χ3n) is 6.39. The Balaban J connectivity index is 1.47. The number of amides is 1. The Morgan fingerprint density at radius 1 is 1.14 bits per heavy atom. The highest BCUT2D eigenvalue weighted by molar-refractivity contribution is 6.05. The van der Waals surface area contributed by atoms with Gasteiger partial charge in [-0.05, 0) is 62.3 Å². The average molecular weight is 512 g/mol. The van der Waals surface area contributed by atoms with E-state index >= 15 is 0 Å². The number of anilines is 2. The van der Waals surface area contributed by atoms with Crippen molar-refractivity contribution in [3.63, 3.8) is 0 Å². The summed E-state index contributed by atoms with van der Waals surface area (Å²) in [6.45, 7) is 1.78. The normalized spacial score (nSPS) is 14.6. The Kier molecular flexibility index (Phi) is 6.42. The van der Waals surface area contributed by atoms with Crippen LogP contribution in [-0.2, 0) is 6.18 Å². The molecule has 0 aliphatic carbocycles. The first-order chi connectivity index (χ1) is 17.8. The molecule has 4 aromatic rings. The molecule has 0 saturated carbocycles. The zero-order chi connectivity index (χ0) is 26.2. The number of rotatable bonds is 5. The molecule has 2 aromatic carbocycles. The van der Waals surface area contributed by atoms with Gasteiger partial charge in [0.25, 0.3) is 5.91 Å². The fourth-order valence-electron chi connectivity index (χ4n) is 4.47. The van der Waals surface area contributed by atoms with Crippen LogP contribution in [0.5, 0.6) is 5.75 Å². The van der Waals surface area contributed by atoms with Gasteiger partial charge in [0.05, 0.1) is 29.7 Å². The second kappa shape index (κ2) is 9.69. The number of nitrogens with two attached hydrogens (primary N) is 1. The van der Waals surface area contributed by atoms with Crippen molar-refractivity contribution in [3.05, 3.63) is 65.6 Å². The standard InChI is InChI=1S/C25H24F3N7O2/c1-37-19-12-17(6-7-18(19)33-24(36)15-2-4-16(5-3-15)25(26,27)28)35-22-21(31-13-32-23(22)29)20(34-35)14-8-10-30-11-9-14/h2-7,12-14,30H,8-11H2,1H3,(H,33,36)(H2,29,31,32). The predicted octanol–water partition coefficient (Wildman–Crippen LogP) is 4.14. The van der Waals surface area contributed by atoms with Crippen LogP contribution in [-0.4, -0.2) is 45.9 Å². The number of piperidine rings is 1. The second-order valence-corrected chi connectivity index (χ2v) is 8.69. The smallest absolute Gasteiger partial charge is 0.416 e. The lowest BCUT2D eigenvalue weighted by Gasteiger charge is -2.20. The van der Waals surface area contributed by atoms with E-state index in [1.54, 1.807) is 22.9 Å². The minimum atomic E-state index is -4.48. The number of benzene rings is 2. The highest BCUT2D eigenvalue weighted by Gasteiger charge is 2.30. The number of hydrogen-bond acceptors (Lipinski definition) is 7. The zero-order valence-electron chi connectivity index (χ0n) is 19.8. The number of alkyl halides is 3. The van der Waals surface area contributed by atoms with Gasteiger partial charge >= 0.3 is 6.18 Å². The molecule has 3 heterocycles. The van der Waals surface area contributed by atoms with E-state index in [0.717, 1.165) is 55.9 Å². The Morgan fingerprint density at radius 3 is 2.54 bits per heavy atom. The van der Waals surface area contributed by atoms with E-state index in [9.17, 15) is 18.0 Å². The average Bonchev–Trinajstić information content (AvgIpc) is 3.30. The molecule has 0 atom stereocenters. The number of halogens is 3. The molecule has 0 radical (unpaired) electrons. The summed E-state index contributed by atoms with van der Waals surface area (Å²) in [5.41, 5.74) is 8.56. The fraction of sp³-hybridized carbons (Fsp3) is 0.280. The maximum absolute atomic E-state index is 12.8. The van der Waals surface area contributed by atoms with Gasteiger partial charge in [0.2, 0.25) is 0 Å².